The molecular formula is C15H16ClN3O. The van der Waals surface area contributed by atoms with Gasteiger partial charge in [0.1, 0.15) is 0 Å². The van der Waals surface area contributed by atoms with E-state index in [9.17, 15) is 4.79 Å². The fourth-order valence-corrected chi connectivity index (χ4v) is 2.13. The summed E-state index contributed by atoms with van der Waals surface area (Å²) in [6.07, 6.45) is 3.05. The van der Waals surface area contributed by atoms with E-state index in [1.54, 1.807) is 17.2 Å². The Labute approximate surface area is 123 Å². The fraction of sp³-hybridized carbons (Fsp3) is 0.267. The van der Waals surface area contributed by atoms with Gasteiger partial charge in [-0.25, -0.2) is 0 Å². The molecule has 0 saturated carbocycles. The molecule has 0 radical (unpaired) electrons. The number of aryl methyl sites for hydroxylation is 1. The average Bonchev–Trinajstić information content (AvgIpc) is 2.44. The first-order chi connectivity index (χ1) is 9.61. The van der Waals surface area contributed by atoms with E-state index in [4.69, 9.17) is 11.6 Å². The van der Waals surface area contributed by atoms with Crippen LogP contribution in [0.4, 0.5) is 0 Å². The molecule has 2 aromatic rings. The molecule has 0 spiro atoms. The molecule has 0 bridgehead atoms. The molecule has 2 rings (SSSR count). The first-order valence-electron chi connectivity index (χ1n) is 6.43. The molecule has 104 valence electrons. The molecule has 4 nitrogen and oxygen atoms in total. The number of aromatic nitrogens is 2. The number of carbonyl (C=O) groups is 1. The van der Waals surface area contributed by atoms with Crippen molar-refractivity contribution in [2.45, 2.75) is 20.4 Å². The number of amides is 1. The van der Waals surface area contributed by atoms with Gasteiger partial charge in [-0.3, -0.25) is 14.8 Å². The Morgan fingerprint density at radius 3 is 2.80 bits per heavy atom. The van der Waals surface area contributed by atoms with Crippen LogP contribution in [0.2, 0.25) is 5.02 Å². The number of rotatable bonds is 4. The lowest BCUT2D eigenvalue weighted by Crippen LogP contribution is -2.31. The highest BCUT2D eigenvalue weighted by molar-refractivity contribution is 6.33. The summed E-state index contributed by atoms with van der Waals surface area (Å²) >= 11 is 6.02. The molecule has 20 heavy (non-hydrogen) atoms. The summed E-state index contributed by atoms with van der Waals surface area (Å²) in [6.45, 7) is 4.92. The molecule has 0 fully saturated rings. The first kappa shape index (κ1) is 14.5. The monoisotopic (exact) mass is 289 g/mol. The predicted octanol–water partition coefficient (Wildman–Crippen LogP) is 3.10. The normalized spacial score (nSPS) is 10.3. The van der Waals surface area contributed by atoms with Crippen molar-refractivity contribution in [1.29, 1.82) is 0 Å². The minimum absolute atomic E-state index is 0.108. The summed E-state index contributed by atoms with van der Waals surface area (Å²) in [5, 5.41) is 0.369. The van der Waals surface area contributed by atoms with Crippen LogP contribution in [0.25, 0.3) is 0 Å². The molecule has 2 heterocycles. The van der Waals surface area contributed by atoms with E-state index in [0.29, 0.717) is 23.7 Å². The molecule has 0 aliphatic rings. The molecule has 0 saturated heterocycles. The lowest BCUT2D eigenvalue weighted by Gasteiger charge is -2.21. The Kier molecular flexibility index (Phi) is 4.69. The van der Waals surface area contributed by atoms with Gasteiger partial charge in [-0.1, -0.05) is 17.7 Å². The van der Waals surface area contributed by atoms with Gasteiger partial charge in [-0.15, -0.1) is 0 Å². The van der Waals surface area contributed by atoms with E-state index in [0.717, 1.165) is 11.4 Å². The van der Waals surface area contributed by atoms with E-state index in [2.05, 4.69) is 9.97 Å². The van der Waals surface area contributed by atoms with E-state index >= 15 is 0 Å². The molecule has 0 aromatic carbocycles. The standard InChI is InChI=1S/C15H16ClN3O/c1-3-19(10-12-6-4-5-11(2)18-12)15(20)13-7-8-17-9-14(13)16/h4-9H,3,10H2,1-2H3. The summed E-state index contributed by atoms with van der Waals surface area (Å²) in [6, 6.07) is 7.42. The fourth-order valence-electron chi connectivity index (χ4n) is 1.93. The zero-order valence-electron chi connectivity index (χ0n) is 11.5. The number of nitrogens with zero attached hydrogens (tertiary/aromatic N) is 3. The van der Waals surface area contributed by atoms with Crippen LogP contribution in [-0.2, 0) is 6.54 Å². The van der Waals surface area contributed by atoms with Gasteiger partial charge in [0.15, 0.2) is 0 Å². The smallest absolute Gasteiger partial charge is 0.255 e. The Hall–Kier alpha value is -1.94. The molecule has 0 atom stereocenters. The van der Waals surface area contributed by atoms with Crippen LogP contribution in [0.5, 0.6) is 0 Å². The molecule has 0 aliphatic carbocycles. The third-order valence-corrected chi connectivity index (χ3v) is 3.27. The molecule has 0 unspecified atom stereocenters. The van der Waals surface area contributed by atoms with Crippen molar-refractivity contribution in [2.24, 2.45) is 0 Å². The quantitative estimate of drug-likeness (QED) is 0.869. The number of hydrogen-bond donors (Lipinski definition) is 0. The molecular weight excluding hydrogens is 274 g/mol. The number of pyridine rings is 2. The van der Waals surface area contributed by atoms with Gasteiger partial charge >= 0.3 is 0 Å². The summed E-state index contributed by atoms with van der Waals surface area (Å²) in [5.41, 5.74) is 2.27. The zero-order valence-corrected chi connectivity index (χ0v) is 12.3. The number of halogens is 1. The lowest BCUT2D eigenvalue weighted by atomic mass is 10.2. The van der Waals surface area contributed by atoms with Crippen molar-refractivity contribution in [3.05, 3.63) is 58.6 Å². The Bertz CT molecular complexity index is 616. The van der Waals surface area contributed by atoms with Gasteiger partial charge in [-0.05, 0) is 32.0 Å². The molecule has 0 aliphatic heterocycles. The van der Waals surface area contributed by atoms with Crippen molar-refractivity contribution >= 4 is 17.5 Å². The topological polar surface area (TPSA) is 46.1 Å². The predicted molar refractivity (Wildman–Crippen MR) is 78.6 cm³/mol. The third kappa shape index (κ3) is 3.33. The van der Waals surface area contributed by atoms with Crippen LogP contribution >= 0.6 is 11.6 Å². The van der Waals surface area contributed by atoms with Gasteiger partial charge in [0, 0.05) is 24.6 Å². The maximum Gasteiger partial charge on any atom is 0.255 e. The SMILES string of the molecule is CCN(Cc1cccc(C)n1)C(=O)c1ccncc1Cl. The van der Waals surface area contributed by atoms with E-state index in [1.807, 2.05) is 32.0 Å². The second-order valence-electron chi connectivity index (χ2n) is 4.45. The molecule has 2 aromatic heterocycles. The van der Waals surface area contributed by atoms with Crippen LogP contribution in [-0.4, -0.2) is 27.3 Å². The maximum absolute atomic E-state index is 12.5. The van der Waals surface area contributed by atoms with E-state index < -0.39 is 0 Å². The summed E-state index contributed by atoms with van der Waals surface area (Å²) in [5.74, 6) is -0.108. The van der Waals surface area contributed by atoms with Crippen molar-refractivity contribution in [3.8, 4) is 0 Å². The van der Waals surface area contributed by atoms with Gasteiger partial charge in [0.25, 0.3) is 5.91 Å². The number of carbonyl (C=O) groups excluding carboxylic acids is 1. The van der Waals surface area contributed by atoms with Crippen LogP contribution in [0, 0.1) is 6.92 Å². The van der Waals surface area contributed by atoms with Gasteiger partial charge in [-0.2, -0.15) is 0 Å². The molecule has 5 heteroatoms. The van der Waals surface area contributed by atoms with Gasteiger partial charge in [0.2, 0.25) is 0 Å². The third-order valence-electron chi connectivity index (χ3n) is 2.97. The van der Waals surface area contributed by atoms with Crippen LogP contribution in [0.3, 0.4) is 0 Å². The Morgan fingerprint density at radius 1 is 1.35 bits per heavy atom. The van der Waals surface area contributed by atoms with Gasteiger partial charge in [0.05, 0.1) is 22.8 Å². The second kappa shape index (κ2) is 6.48. The molecule has 1 amide bonds. The minimum Gasteiger partial charge on any atom is -0.333 e. The van der Waals surface area contributed by atoms with Crippen molar-refractivity contribution in [3.63, 3.8) is 0 Å². The number of hydrogen-bond acceptors (Lipinski definition) is 3. The van der Waals surface area contributed by atoms with Gasteiger partial charge < -0.3 is 4.90 Å². The first-order valence-corrected chi connectivity index (χ1v) is 6.81. The van der Waals surface area contributed by atoms with Crippen molar-refractivity contribution in [1.82, 2.24) is 14.9 Å². The lowest BCUT2D eigenvalue weighted by molar-refractivity contribution is 0.0750. The Balaban J connectivity index is 2.20. The van der Waals surface area contributed by atoms with Crippen molar-refractivity contribution in [2.75, 3.05) is 6.54 Å². The maximum atomic E-state index is 12.5. The minimum atomic E-state index is -0.108. The van der Waals surface area contributed by atoms with Crippen molar-refractivity contribution < 1.29 is 4.79 Å². The highest BCUT2D eigenvalue weighted by Gasteiger charge is 2.17. The average molecular weight is 290 g/mol. The highest BCUT2D eigenvalue weighted by atomic mass is 35.5. The van der Waals surface area contributed by atoms with Crippen LogP contribution < -0.4 is 0 Å². The zero-order chi connectivity index (χ0) is 14.5. The summed E-state index contributed by atoms with van der Waals surface area (Å²) in [7, 11) is 0. The van der Waals surface area contributed by atoms with Crippen LogP contribution in [0.15, 0.2) is 36.7 Å². The van der Waals surface area contributed by atoms with Crippen LogP contribution in [0.1, 0.15) is 28.7 Å². The summed E-state index contributed by atoms with van der Waals surface area (Å²) in [4.78, 5) is 22.5. The Morgan fingerprint density at radius 2 is 2.15 bits per heavy atom. The van der Waals surface area contributed by atoms with E-state index in [-0.39, 0.29) is 5.91 Å². The second-order valence-corrected chi connectivity index (χ2v) is 4.85. The van der Waals surface area contributed by atoms with E-state index in [1.165, 1.54) is 6.20 Å². The summed E-state index contributed by atoms with van der Waals surface area (Å²) < 4.78 is 0. The largest absolute Gasteiger partial charge is 0.333 e. The highest BCUT2D eigenvalue weighted by Crippen LogP contribution is 2.17. The molecule has 0 N–H and O–H groups in total.